The van der Waals surface area contributed by atoms with E-state index in [-0.39, 0.29) is 0 Å². The van der Waals surface area contributed by atoms with Gasteiger partial charge in [0.05, 0.1) is 0 Å². The van der Waals surface area contributed by atoms with Crippen molar-refractivity contribution in [2.45, 2.75) is 32.4 Å². The van der Waals surface area contributed by atoms with Gasteiger partial charge in [-0.2, -0.15) is 0 Å². The van der Waals surface area contributed by atoms with E-state index < -0.39 is 12.0 Å². The number of benzene rings is 2. The highest BCUT2D eigenvalue weighted by atomic mass is 16.4. The lowest BCUT2D eigenvalue weighted by molar-refractivity contribution is -0.139. The topological polar surface area (TPSA) is 49.3 Å². The number of hydrogen-bond acceptors (Lipinski definition) is 2. The fourth-order valence-corrected chi connectivity index (χ4v) is 2.40. The van der Waals surface area contributed by atoms with Gasteiger partial charge < -0.3 is 5.11 Å². The van der Waals surface area contributed by atoms with Crippen molar-refractivity contribution in [1.82, 2.24) is 5.32 Å². The average Bonchev–Trinajstić information content (AvgIpc) is 2.49. The summed E-state index contributed by atoms with van der Waals surface area (Å²) in [6, 6.07) is 16.9. The van der Waals surface area contributed by atoms with Crippen LogP contribution in [0.1, 0.15) is 36.1 Å². The lowest BCUT2D eigenvalue weighted by Crippen LogP contribution is -2.28. The minimum absolute atomic E-state index is 0.545. The van der Waals surface area contributed by atoms with Crippen molar-refractivity contribution >= 4 is 5.97 Å². The highest BCUT2D eigenvalue weighted by Gasteiger charge is 2.18. The van der Waals surface area contributed by atoms with Gasteiger partial charge >= 0.3 is 5.97 Å². The summed E-state index contributed by atoms with van der Waals surface area (Å²) in [4.78, 5) is 11.4. The number of rotatable bonds is 7. The van der Waals surface area contributed by atoms with Crippen molar-refractivity contribution in [3.8, 4) is 0 Å². The Balaban J connectivity index is 2.06. The van der Waals surface area contributed by atoms with Crippen molar-refractivity contribution < 1.29 is 9.90 Å². The lowest BCUT2D eigenvalue weighted by Gasteiger charge is -2.15. The molecular weight excluding hydrogens is 262 g/mol. The van der Waals surface area contributed by atoms with Crippen LogP contribution in [-0.2, 0) is 17.8 Å². The van der Waals surface area contributed by atoms with Gasteiger partial charge in [0.1, 0.15) is 6.04 Å². The first-order valence-corrected chi connectivity index (χ1v) is 7.29. The average molecular weight is 283 g/mol. The maximum absolute atomic E-state index is 11.4. The van der Waals surface area contributed by atoms with Gasteiger partial charge in [-0.3, -0.25) is 10.1 Å². The van der Waals surface area contributed by atoms with Crippen LogP contribution in [0.3, 0.4) is 0 Å². The highest BCUT2D eigenvalue weighted by molar-refractivity contribution is 5.75. The van der Waals surface area contributed by atoms with Gasteiger partial charge in [-0.15, -0.1) is 0 Å². The molecule has 2 rings (SSSR count). The van der Waals surface area contributed by atoms with Gasteiger partial charge in [0, 0.05) is 6.54 Å². The van der Waals surface area contributed by atoms with Crippen molar-refractivity contribution in [2.75, 3.05) is 0 Å². The zero-order valence-corrected chi connectivity index (χ0v) is 12.3. The van der Waals surface area contributed by atoms with Crippen LogP contribution < -0.4 is 5.32 Å². The summed E-state index contributed by atoms with van der Waals surface area (Å²) < 4.78 is 0. The first-order valence-electron chi connectivity index (χ1n) is 7.29. The van der Waals surface area contributed by atoms with E-state index in [0.717, 1.165) is 24.0 Å². The van der Waals surface area contributed by atoms with Crippen molar-refractivity contribution in [3.05, 3.63) is 71.3 Å². The molecule has 0 aromatic heterocycles. The largest absolute Gasteiger partial charge is 0.480 e. The Morgan fingerprint density at radius 2 is 1.81 bits per heavy atom. The van der Waals surface area contributed by atoms with Crippen LogP contribution in [0, 0.1) is 0 Å². The zero-order valence-electron chi connectivity index (χ0n) is 12.3. The Kier molecular flexibility index (Phi) is 5.52. The Hall–Kier alpha value is -2.13. The quantitative estimate of drug-likeness (QED) is 0.817. The molecule has 0 aliphatic heterocycles. The highest BCUT2D eigenvalue weighted by Crippen LogP contribution is 2.14. The van der Waals surface area contributed by atoms with E-state index in [2.05, 4.69) is 24.4 Å². The van der Waals surface area contributed by atoms with Crippen LogP contribution >= 0.6 is 0 Å². The minimum atomic E-state index is -0.856. The SMILES string of the molecule is CCCc1cccc(CN[C@@H](C(=O)O)c2ccccc2)c1. The van der Waals surface area contributed by atoms with Gasteiger partial charge in [0.15, 0.2) is 0 Å². The first kappa shape index (κ1) is 15.3. The van der Waals surface area contributed by atoms with Crippen LogP contribution in [0.25, 0.3) is 0 Å². The van der Waals surface area contributed by atoms with E-state index in [1.165, 1.54) is 5.56 Å². The number of hydrogen-bond donors (Lipinski definition) is 2. The van der Waals surface area contributed by atoms with Crippen molar-refractivity contribution in [3.63, 3.8) is 0 Å². The maximum atomic E-state index is 11.4. The molecule has 0 heterocycles. The molecule has 0 bridgehead atoms. The number of nitrogens with one attached hydrogen (secondary N) is 1. The van der Waals surface area contributed by atoms with Crippen LogP contribution in [0.5, 0.6) is 0 Å². The minimum Gasteiger partial charge on any atom is -0.480 e. The summed E-state index contributed by atoms with van der Waals surface area (Å²) in [7, 11) is 0. The Bertz CT molecular complexity index is 581. The molecule has 0 spiro atoms. The number of aliphatic carboxylic acids is 1. The molecule has 2 aromatic rings. The molecular formula is C18H21NO2. The Morgan fingerprint density at radius 1 is 1.10 bits per heavy atom. The van der Waals surface area contributed by atoms with Crippen LogP contribution in [0.2, 0.25) is 0 Å². The molecule has 0 saturated heterocycles. The van der Waals surface area contributed by atoms with Gasteiger partial charge in [-0.05, 0) is 23.1 Å². The first-order chi connectivity index (χ1) is 10.2. The molecule has 0 saturated carbocycles. The molecule has 0 aliphatic carbocycles. The molecule has 2 aromatic carbocycles. The smallest absolute Gasteiger partial charge is 0.325 e. The molecule has 1 atom stereocenters. The van der Waals surface area contributed by atoms with Crippen molar-refractivity contribution in [2.24, 2.45) is 0 Å². The van der Waals surface area contributed by atoms with Gasteiger partial charge in [0.25, 0.3) is 0 Å². The number of aryl methyl sites for hydroxylation is 1. The van der Waals surface area contributed by atoms with Crippen LogP contribution in [-0.4, -0.2) is 11.1 Å². The molecule has 0 unspecified atom stereocenters. The monoisotopic (exact) mass is 283 g/mol. The van der Waals surface area contributed by atoms with E-state index in [1.54, 1.807) is 0 Å². The molecule has 0 aliphatic rings. The van der Waals surface area contributed by atoms with Gasteiger partial charge in [0.2, 0.25) is 0 Å². The third-order valence-electron chi connectivity index (χ3n) is 3.42. The molecule has 21 heavy (non-hydrogen) atoms. The maximum Gasteiger partial charge on any atom is 0.325 e. The van der Waals surface area contributed by atoms with E-state index in [0.29, 0.717) is 6.54 Å². The zero-order chi connectivity index (χ0) is 15.1. The summed E-state index contributed by atoms with van der Waals surface area (Å²) in [5.74, 6) is -0.856. The number of carboxylic acid groups (broad SMARTS) is 1. The third-order valence-corrected chi connectivity index (χ3v) is 3.42. The fourth-order valence-electron chi connectivity index (χ4n) is 2.40. The van der Waals surface area contributed by atoms with E-state index in [1.807, 2.05) is 42.5 Å². The van der Waals surface area contributed by atoms with E-state index >= 15 is 0 Å². The summed E-state index contributed by atoms with van der Waals surface area (Å²) in [5, 5.41) is 12.5. The molecule has 2 N–H and O–H groups in total. The van der Waals surface area contributed by atoms with Gasteiger partial charge in [-0.25, -0.2) is 0 Å². The second-order valence-electron chi connectivity index (χ2n) is 5.13. The lowest BCUT2D eigenvalue weighted by atomic mass is 10.0. The standard InChI is InChI=1S/C18H21NO2/c1-2-7-14-8-6-9-15(12-14)13-19-17(18(20)21)16-10-4-3-5-11-16/h3-6,8-12,17,19H,2,7,13H2,1H3,(H,20,21)/t17-/m1/s1. The second-order valence-corrected chi connectivity index (χ2v) is 5.13. The Morgan fingerprint density at radius 3 is 2.48 bits per heavy atom. The van der Waals surface area contributed by atoms with E-state index in [9.17, 15) is 9.90 Å². The molecule has 0 amide bonds. The van der Waals surface area contributed by atoms with Gasteiger partial charge in [-0.1, -0.05) is 67.9 Å². The molecule has 0 fully saturated rings. The van der Waals surface area contributed by atoms with E-state index in [4.69, 9.17) is 0 Å². The Labute approximate surface area is 125 Å². The summed E-state index contributed by atoms with van der Waals surface area (Å²) in [6.45, 7) is 2.70. The molecule has 110 valence electrons. The second kappa shape index (κ2) is 7.60. The molecule has 0 radical (unpaired) electrons. The molecule has 3 nitrogen and oxygen atoms in total. The predicted octanol–water partition coefficient (Wildman–Crippen LogP) is 3.55. The number of carbonyl (C=O) groups is 1. The normalized spacial score (nSPS) is 12.0. The van der Waals surface area contributed by atoms with Crippen molar-refractivity contribution in [1.29, 1.82) is 0 Å². The fraction of sp³-hybridized carbons (Fsp3) is 0.278. The summed E-state index contributed by atoms with van der Waals surface area (Å²) in [6.07, 6.45) is 2.16. The van der Waals surface area contributed by atoms with Crippen LogP contribution in [0.15, 0.2) is 54.6 Å². The molecule has 3 heteroatoms. The summed E-state index contributed by atoms with van der Waals surface area (Å²) >= 11 is 0. The third kappa shape index (κ3) is 4.43. The summed E-state index contributed by atoms with van der Waals surface area (Å²) in [5.41, 5.74) is 3.18. The number of carboxylic acids is 1. The predicted molar refractivity (Wildman–Crippen MR) is 84.1 cm³/mol. The van der Waals surface area contributed by atoms with Crippen LogP contribution in [0.4, 0.5) is 0 Å².